The number of carbonyl (C=O) groups is 5. The van der Waals surface area contributed by atoms with Gasteiger partial charge in [0.05, 0.1) is 0 Å². The molecule has 34 heavy (non-hydrogen) atoms. The molecule has 0 unspecified atom stereocenters. The van der Waals surface area contributed by atoms with Crippen molar-refractivity contribution in [2.75, 3.05) is 11.9 Å². The first-order valence-electron chi connectivity index (χ1n) is 10.4. The second kappa shape index (κ2) is 12.0. The van der Waals surface area contributed by atoms with Gasteiger partial charge in [-0.1, -0.05) is 0 Å². The van der Waals surface area contributed by atoms with E-state index in [9.17, 15) is 24.0 Å². The van der Waals surface area contributed by atoms with Crippen molar-refractivity contribution in [3.63, 3.8) is 0 Å². The van der Waals surface area contributed by atoms with E-state index in [0.29, 0.717) is 11.4 Å². The first kappa shape index (κ1) is 26.6. The Bertz CT molecular complexity index is 917. The van der Waals surface area contributed by atoms with Gasteiger partial charge in [-0.15, -0.1) is 0 Å². The number of anilines is 1. The van der Waals surface area contributed by atoms with Crippen LogP contribution in [0.3, 0.4) is 0 Å². The van der Waals surface area contributed by atoms with Crippen LogP contribution in [-0.2, 0) is 42.9 Å². The van der Waals surface area contributed by atoms with E-state index in [-0.39, 0.29) is 12.5 Å². The molecule has 1 aliphatic heterocycles. The molecule has 0 saturated carbocycles. The van der Waals surface area contributed by atoms with Crippen molar-refractivity contribution in [2.45, 2.75) is 65.3 Å². The van der Waals surface area contributed by atoms with Gasteiger partial charge >= 0.3 is 17.9 Å². The molecule has 1 aromatic rings. The fraction of sp³-hybridized carbons (Fsp3) is 0.500. The van der Waals surface area contributed by atoms with Crippen LogP contribution in [0.1, 0.15) is 34.6 Å². The Morgan fingerprint density at radius 1 is 0.824 bits per heavy atom. The highest BCUT2D eigenvalue weighted by atomic mass is 16.7. The molecule has 1 aromatic carbocycles. The van der Waals surface area contributed by atoms with Gasteiger partial charge in [0, 0.05) is 40.3 Å². The minimum absolute atomic E-state index is 0.246. The molecule has 1 saturated heterocycles. The van der Waals surface area contributed by atoms with Gasteiger partial charge in [0.1, 0.15) is 24.5 Å². The number of rotatable bonds is 8. The lowest BCUT2D eigenvalue weighted by atomic mass is 9.96. The number of esters is 3. The number of amides is 2. The summed E-state index contributed by atoms with van der Waals surface area (Å²) in [5.74, 6) is -2.45. The molecule has 1 heterocycles. The third-order valence-electron chi connectivity index (χ3n) is 4.50. The highest BCUT2D eigenvalue weighted by Gasteiger charge is 2.51. The molecule has 186 valence electrons. The predicted octanol–water partition coefficient (Wildman–Crippen LogP) is 0.680. The second-order valence-electron chi connectivity index (χ2n) is 7.54. The summed E-state index contributed by atoms with van der Waals surface area (Å²) in [6.07, 6.45) is -4.74. The lowest BCUT2D eigenvalue weighted by Gasteiger charge is -2.44. The predicted molar refractivity (Wildman–Crippen MR) is 115 cm³/mol. The van der Waals surface area contributed by atoms with E-state index in [2.05, 4.69) is 10.6 Å². The van der Waals surface area contributed by atoms with Gasteiger partial charge in [0.2, 0.25) is 18.1 Å². The van der Waals surface area contributed by atoms with Crippen molar-refractivity contribution in [1.29, 1.82) is 0 Å². The molecule has 0 spiro atoms. The summed E-state index contributed by atoms with van der Waals surface area (Å²) in [5, 5.41) is 5.23. The summed E-state index contributed by atoms with van der Waals surface area (Å²) in [5.41, 5.74) is 0.531. The monoisotopic (exact) mass is 480 g/mol. The molecule has 1 fully saturated rings. The summed E-state index contributed by atoms with van der Waals surface area (Å²) in [7, 11) is 0. The Hall–Kier alpha value is -3.67. The average Bonchev–Trinajstić information content (AvgIpc) is 2.71. The number of nitrogens with one attached hydrogen (secondary N) is 2. The molecule has 5 atom stereocenters. The largest absolute Gasteiger partial charge is 0.463 e. The van der Waals surface area contributed by atoms with Crippen LogP contribution < -0.4 is 15.4 Å². The Kier molecular flexibility index (Phi) is 9.36. The minimum Gasteiger partial charge on any atom is -0.463 e. The molecule has 0 radical (unpaired) electrons. The quantitative estimate of drug-likeness (QED) is 0.401. The lowest BCUT2D eigenvalue weighted by Crippen LogP contribution is -2.67. The fourth-order valence-electron chi connectivity index (χ4n) is 3.35. The molecule has 0 bridgehead atoms. The molecular weight excluding hydrogens is 452 g/mol. The second-order valence-corrected chi connectivity index (χ2v) is 7.54. The lowest BCUT2D eigenvalue weighted by molar-refractivity contribution is -0.257. The van der Waals surface area contributed by atoms with Crippen molar-refractivity contribution >= 4 is 35.4 Å². The van der Waals surface area contributed by atoms with Crippen LogP contribution in [0.5, 0.6) is 5.75 Å². The van der Waals surface area contributed by atoms with Crippen LogP contribution in [0.15, 0.2) is 24.3 Å². The van der Waals surface area contributed by atoms with Crippen LogP contribution >= 0.6 is 0 Å². The summed E-state index contributed by atoms with van der Waals surface area (Å²) < 4.78 is 27.6. The van der Waals surface area contributed by atoms with Crippen LogP contribution in [0.4, 0.5) is 5.69 Å². The van der Waals surface area contributed by atoms with Crippen LogP contribution in [0.25, 0.3) is 0 Å². The van der Waals surface area contributed by atoms with E-state index in [1.165, 1.54) is 20.8 Å². The van der Waals surface area contributed by atoms with E-state index < -0.39 is 54.5 Å². The van der Waals surface area contributed by atoms with Gasteiger partial charge in [-0.25, -0.2) is 0 Å². The molecule has 12 heteroatoms. The first-order valence-corrected chi connectivity index (χ1v) is 10.4. The molecule has 12 nitrogen and oxygen atoms in total. The normalized spacial score (nSPS) is 23.7. The molecule has 2 N–H and O–H groups in total. The van der Waals surface area contributed by atoms with Crippen molar-refractivity contribution < 1.29 is 47.7 Å². The van der Waals surface area contributed by atoms with Gasteiger partial charge in [0.25, 0.3) is 0 Å². The van der Waals surface area contributed by atoms with Crippen LogP contribution in [0.2, 0.25) is 0 Å². The van der Waals surface area contributed by atoms with Crippen molar-refractivity contribution in [3.8, 4) is 5.75 Å². The minimum atomic E-state index is -1.23. The maximum Gasteiger partial charge on any atom is 0.303 e. The maximum absolute atomic E-state index is 11.9. The molecular formula is C22H28N2O10. The van der Waals surface area contributed by atoms with Gasteiger partial charge in [-0.2, -0.15) is 0 Å². The highest BCUT2D eigenvalue weighted by molar-refractivity contribution is 5.88. The summed E-state index contributed by atoms with van der Waals surface area (Å²) in [6.45, 7) is 5.78. The zero-order valence-electron chi connectivity index (χ0n) is 19.5. The molecule has 2 rings (SSSR count). The molecule has 1 aliphatic rings. The number of hydrogen-bond acceptors (Lipinski definition) is 10. The van der Waals surface area contributed by atoms with Crippen molar-refractivity contribution in [2.24, 2.45) is 0 Å². The number of benzene rings is 1. The third kappa shape index (κ3) is 8.03. The van der Waals surface area contributed by atoms with E-state index in [4.69, 9.17) is 23.7 Å². The first-order chi connectivity index (χ1) is 16.0. The van der Waals surface area contributed by atoms with Gasteiger partial charge in [-0.3, -0.25) is 24.0 Å². The number of carbonyl (C=O) groups excluding carboxylic acids is 5. The molecule has 0 aromatic heterocycles. The maximum atomic E-state index is 11.9. The third-order valence-corrected chi connectivity index (χ3v) is 4.50. The Morgan fingerprint density at radius 2 is 1.41 bits per heavy atom. The van der Waals surface area contributed by atoms with E-state index in [1.54, 1.807) is 24.3 Å². The van der Waals surface area contributed by atoms with Crippen LogP contribution in [0, 0.1) is 0 Å². The zero-order valence-corrected chi connectivity index (χ0v) is 19.5. The van der Waals surface area contributed by atoms with E-state index in [1.807, 2.05) is 0 Å². The molecule has 2 amide bonds. The van der Waals surface area contributed by atoms with Gasteiger partial charge < -0.3 is 34.3 Å². The zero-order chi connectivity index (χ0) is 25.4. The Balaban J connectivity index is 2.40. The molecule has 0 aliphatic carbocycles. The van der Waals surface area contributed by atoms with Crippen molar-refractivity contribution in [1.82, 2.24) is 5.32 Å². The SMILES string of the molecule is CC(=O)Nc1ccc(O[C@@H]2O[C@H](COC(C)=O)[C@H](OC(C)=O)[C@H](OC(C)=O)[C@@H]2NC(C)=O)cc1. The Labute approximate surface area is 196 Å². The topological polar surface area (TPSA) is 156 Å². The standard InChI is InChI=1S/C22H28N2O10/c1-11(25)23-16-6-8-17(9-7-16)33-22-19(24-12(2)26)21(32-15(5)29)20(31-14(4)28)18(34-22)10-30-13(3)27/h6-9,18-22H,10H2,1-5H3,(H,23,25)(H,24,26)/t18-,19+,20+,21-,22-/m1/s1. The van der Waals surface area contributed by atoms with E-state index >= 15 is 0 Å². The van der Waals surface area contributed by atoms with E-state index in [0.717, 1.165) is 13.8 Å². The average molecular weight is 480 g/mol. The Morgan fingerprint density at radius 3 is 1.91 bits per heavy atom. The van der Waals surface area contributed by atoms with Gasteiger partial charge in [0.15, 0.2) is 12.2 Å². The number of ether oxygens (including phenoxy) is 5. The van der Waals surface area contributed by atoms with Gasteiger partial charge in [-0.05, 0) is 24.3 Å². The van der Waals surface area contributed by atoms with Crippen molar-refractivity contribution in [3.05, 3.63) is 24.3 Å². The fourth-order valence-corrected chi connectivity index (χ4v) is 3.35. The summed E-state index contributed by atoms with van der Waals surface area (Å²) in [4.78, 5) is 58.2. The summed E-state index contributed by atoms with van der Waals surface area (Å²) >= 11 is 0. The smallest absolute Gasteiger partial charge is 0.303 e. The highest BCUT2D eigenvalue weighted by Crippen LogP contribution is 2.29. The number of hydrogen-bond donors (Lipinski definition) is 2. The van der Waals surface area contributed by atoms with Crippen LogP contribution in [-0.4, -0.2) is 67.0 Å². The summed E-state index contributed by atoms with van der Waals surface area (Å²) in [6, 6.07) is 5.21.